The summed E-state index contributed by atoms with van der Waals surface area (Å²) in [5.41, 5.74) is 6.02. The first-order valence-electron chi connectivity index (χ1n) is 10.4. The number of hydrogen-bond donors (Lipinski definition) is 3. The van der Waals surface area contributed by atoms with Gasteiger partial charge in [0.25, 0.3) is 5.91 Å². The van der Waals surface area contributed by atoms with Gasteiger partial charge in [0.15, 0.2) is 0 Å². The molecule has 1 saturated heterocycles. The Hall–Kier alpha value is -1.26. The summed E-state index contributed by atoms with van der Waals surface area (Å²) in [4.78, 5) is 27.3. The van der Waals surface area contributed by atoms with Crippen LogP contribution < -0.4 is 16.4 Å². The molecule has 0 radical (unpaired) electrons. The smallest absolute Gasteiger partial charge is 0.251 e. The van der Waals surface area contributed by atoms with Gasteiger partial charge in [0.05, 0.1) is 6.04 Å². The van der Waals surface area contributed by atoms with Crippen molar-refractivity contribution >= 4 is 34.4 Å². The van der Waals surface area contributed by atoms with Crippen molar-refractivity contribution in [2.45, 2.75) is 51.6 Å². The molecule has 1 aliphatic heterocycles. The van der Waals surface area contributed by atoms with Crippen molar-refractivity contribution in [3.63, 3.8) is 0 Å². The summed E-state index contributed by atoms with van der Waals surface area (Å²) in [6.45, 7) is 6.51. The van der Waals surface area contributed by atoms with Crippen LogP contribution in [0, 0.1) is 15.3 Å². The van der Waals surface area contributed by atoms with Gasteiger partial charge in [0.1, 0.15) is 5.82 Å². The molecule has 0 bridgehead atoms. The molecule has 1 aliphatic rings. The molecule has 0 aliphatic carbocycles. The van der Waals surface area contributed by atoms with Gasteiger partial charge in [-0.15, -0.1) is 0 Å². The van der Waals surface area contributed by atoms with Gasteiger partial charge in [-0.25, -0.2) is 4.39 Å². The molecule has 1 aromatic rings. The topological polar surface area (TPSA) is 87.5 Å². The fourth-order valence-electron chi connectivity index (χ4n) is 3.61. The van der Waals surface area contributed by atoms with E-state index in [1.807, 2.05) is 27.5 Å². The van der Waals surface area contributed by atoms with E-state index in [4.69, 9.17) is 5.73 Å². The number of nitrogens with one attached hydrogen (secondary N) is 2. The minimum Gasteiger partial charge on any atom is -0.350 e. The minimum atomic E-state index is -0.406. The van der Waals surface area contributed by atoms with Gasteiger partial charge in [-0.2, -0.15) is 0 Å². The first kappa shape index (κ1) is 24.0. The van der Waals surface area contributed by atoms with Gasteiger partial charge in [0.2, 0.25) is 5.91 Å². The van der Waals surface area contributed by atoms with Gasteiger partial charge in [0, 0.05) is 34.8 Å². The lowest BCUT2D eigenvalue weighted by Gasteiger charge is -2.27. The summed E-state index contributed by atoms with van der Waals surface area (Å²) in [5, 5.41) is 6.24. The number of nitrogens with zero attached hydrogens (tertiary/aromatic N) is 1. The van der Waals surface area contributed by atoms with E-state index in [1.54, 1.807) is 12.1 Å². The molecule has 4 N–H and O–H groups in total. The lowest BCUT2D eigenvalue weighted by Crippen LogP contribution is -2.50. The van der Waals surface area contributed by atoms with E-state index >= 15 is 0 Å². The number of benzene rings is 1. The minimum absolute atomic E-state index is 0.0418. The summed E-state index contributed by atoms with van der Waals surface area (Å²) in [6, 6.07) is 4.06. The molecule has 2 atom stereocenters. The number of hydrogen-bond acceptors (Lipinski definition) is 4. The van der Waals surface area contributed by atoms with Gasteiger partial charge < -0.3 is 21.3 Å². The fourth-order valence-corrected chi connectivity index (χ4v) is 3.95. The van der Waals surface area contributed by atoms with Crippen LogP contribution in [0.1, 0.15) is 49.9 Å². The molecule has 2 amide bonds. The van der Waals surface area contributed by atoms with Crippen LogP contribution in [-0.2, 0) is 4.79 Å². The number of rotatable bonds is 9. The second-order valence-corrected chi connectivity index (χ2v) is 8.75. The van der Waals surface area contributed by atoms with E-state index in [0.717, 1.165) is 25.8 Å². The van der Waals surface area contributed by atoms with Gasteiger partial charge in [-0.05, 0) is 66.1 Å². The first-order valence-corrected chi connectivity index (χ1v) is 11.5. The Morgan fingerprint density at radius 3 is 2.76 bits per heavy atom. The second kappa shape index (κ2) is 11.8. The number of amides is 2. The van der Waals surface area contributed by atoms with Gasteiger partial charge >= 0.3 is 0 Å². The predicted molar refractivity (Wildman–Crippen MR) is 121 cm³/mol. The molecule has 6 nitrogen and oxygen atoms in total. The third-order valence-corrected chi connectivity index (χ3v) is 6.45. The van der Waals surface area contributed by atoms with E-state index in [2.05, 4.69) is 24.5 Å². The van der Waals surface area contributed by atoms with Crippen LogP contribution in [0.5, 0.6) is 0 Å². The molecule has 29 heavy (non-hydrogen) atoms. The van der Waals surface area contributed by atoms with Crippen molar-refractivity contribution in [2.75, 3.05) is 26.2 Å². The van der Waals surface area contributed by atoms with Crippen molar-refractivity contribution in [3.05, 3.63) is 33.1 Å². The molecular formula is C21H32FIN4O2. The van der Waals surface area contributed by atoms with E-state index in [9.17, 15) is 14.0 Å². The fraction of sp³-hybridized carbons (Fsp3) is 0.619. The van der Waals surface area contributed by atoms with Crippen LogP contribution in [0.4, 0.5) is 4.39 Å². The highest BCUT2D eigenvalue weighted by Gasteiger charge is 2.31. The Morgan fingerprint density at radius 1 is 1.41 bits per heavy atom. The average molecular weight is 518 g/mol. The van der Waals surface area contributed by atoms with Crippen LogP contribution in [0.2, 0.25) is 0 Å². The number of nitrogens with two attached hydrogens (primary N) is 1. The zero-order valence-electron chi connectivity index (χ0n) is 17.2. The second-order valence-electron chi connectivity index (χ2n) is 7.59. The maximum absolute atomic E-state index is 13.7. The molecule has 0 saturated carbocycles. The maximum Gasteiger partial charge on any atom is 0.251 e. The van der Waals surface area contributed by atoms with Crippen molar-refractivity contribution in [2.24, 2.45) is 11.7 Å². The average Bonchev–Trinajstić information content (AvgIpc) is 2.86. The third kappa shape index (κ3) is 6.89. The Morgan fingerprint density at radius 2 is 2.14 bits per heavy atom. The third-order valence-electron chi connectivity index (χ3n) is 5.57. The predicted octanol–water partition coefficient (Wildman–Crippen LogP) is 2.50. The maximum atomic E-state index is 13.7. The highest BCUT2D eigenvalue weighted by Crippen LogP contribution is 2.16. The molecule has 2 rings (SSSR count). The molecule has 0 spiro atoms. The highest BCUT2D eigenvalue weighted by molar-refractivity contribution is 14.1. The quantitative estimate of drug-likeness (QED) is 0.439. The summed E-state index contributed by atoms with van der Waals surface area (Å²) in [5.74, 6) is -0.140. The zero-order chi connectivity index (χ0) is 21.4. The lowest BCUT2D eigenvalue weighted by molar-refractivity contribution is -0.133. The Kier molecular flexibility index (Phi) is 9.78. The van der Waals surface area contributed by atoms with Crippen LogP contribution in [0.25, 0.3) is 0 Å². The summed E-state index contributed by atoms with van der Waals surface area (Å²) in [7, 11) is 0. The van der Waals surface area contributed by atoms with Gasteiger partial charge in [-0.1, -0.05) is 26.7 Å². The SMILES string of the molecule is CCC(CC)CN1CC[C@@H](CNC(=O)c2ccc(I)c(F)c2)N[C@@H](CCN)C1=O. The molecule has 1 heterocycles. The first-order chi connectivity index (χ1) is 13.9. The molecule has 0 aromatic heterocycles. The van der Waals surface area contributed by atoms with E-state index in [1.165, 1.54) is 6.07 Å². The van der Waals surface area contributed by atoms with Crippen molar-refractivity contribution in [1.82, 2.24) is 15.5 Å². The highest BCUT2D eigenvalue weighted by atomic mass is 127. The van der Waals surface area contributed by atoms with Gasteiger partial charge in [-0.3, -0.25) is 9.59 Å². The normalized spacial score (nSPS) is 20.1. The van der Waals surface area contributed by atoms with Crippen LogP contribution >= 0.6 is 22.6 Å². The van der Waals surface area contributed by atoms with Crippen LogP contribution in [0.15, 0.2) is 18.2 Å². The van der Waals surface area contributed by atoms with E-state index < -0.39 is 5.82 Å². The number of carbonyl (C=O) groups is 2. The molecule has 1 fully saturated rings. The van der Waals surface area contributed by atoms with Crippen LogP contribution in [0.3, 0.4) is 0 Å². The Labute approximate surface area is 186 Å². The molecule has 0 unspecified atom stereocenters. The van der Waals surface area contributed by atoms with Crippen LogP contribution in [-0.4, -0.2) is 55.0 Å². The number of carbonyl (C=O) groups excluding carboxylic acids is 2. The zero-order valence-corrected chi connectivity index (χ0v) is 19.4. The standard InChI is InChI=1S/C21H32FIN4O2/c1-3-14(4-2)13-27-10-8-16(26-19(7-9-24)21(27)29)12-25-20(28)15-5-6-18(23)17(22)11-15/h5-6,11,14,16,19,26H,3-4,7-10,12-13,24H2,1-2H3,(H,25,28)/t16-,19-/m0/s1. The van der Waals surface area contributed by atoms with E-state index in [-0.39, 0.29) is 23.9 Å². The Balaban J connectivity index is 2.00. The summed E-state index contributed by atoms with van der Waals surface area (Å²) >= 11 is 1.89. The molecule has 1 aromatic carbocycles. The molecule has 8 heteroatoms. The van der Waals surface area contributed by atoms with E-state index in [0.29, 0.717) is 41.1 Å². The number of halogens is 2. The van der Waals surface area contributed by atoms with Crippen molar-refractivity contribution < 1.29 is 14.0 Å². The largest absolute Gasteiger partial charge is 0.350 e. The molecule has 162 valence electrons. The summed E-state index contributed by atoms with van der Waals surface area (Å²) < 4.78 is 14.2. The molecular weight excluding hydrogens is 486 g/mol. The van der Waals surface area contributed by atoms with Crippen molar-refractivity contribution in [1.29, 1.82) is 0 Å². The monoisotopic (exact) mass is 518 g/mol. The van der Waals surface area contributed by atoms with Crippen molar-refractivity contribution in [3.8, 4) is 0 Å². The lowest BCUT2D eigenvalue weighted by atomic mass is 10.0. The summed E-state index contributed by atoms with van der Waals surface area (Å²) in [6.07, 6.45) is 3.39. The Bertz CT molecular complexity index is 699.